The van der Waals surface area contributed by atoms with E-state index in [4.69, 9.17) is 4.74 Å². The second kappa shape index (κ2) is 13.0. The molecule has 1 heterocycles. The summed E-state index contributed by atoms with van der Waals surface area (Å²) in [5.41, 5.74) is 0. The molecule has 3 atom stereocenters. The molecule has 0 unspecified atom stereocenters. The zero-order valence-electron chi connectivity index (χ0n) is 14.8. The molecule has 0 aliphatic carbocycles. The van der Waals surface area contributed by atoms with Crippen LogP contribution in [0, 0.1) is 0 Å². The van der Waals surface area contributed by atoms with Gasteiger partial charge in [-0.15, -0.1) is 0 Å². The van der Waals surface area contributed by atoms with Crippen molar-refractivity contribution in [1.29, 1.82) is 0 Å². The van der Waals surface area contributed by atoms with Crippen LogP contribution < -0.4 is 0 Å². The summed E-state index contributed by atoms with van der Waals surface area (Å²) >= 11 is 0. The van der Waals surface area contributed by atoms with Gasteiger partial charge in [0.1, 0.15) is 6.10 Å². The third-order valence-corrected chi connectivity index (χ3v) is 4.01. The van der Waals surface area contributed by atoms with Gasteiger partial charge in [-0.1, -0.05) is 50.1 Å². The van der Waals surface area contributed by atoms with Crippen LogP contribution in [0.5, 0.6) is 0 Å². The predicted octanol–water partition coefficient (Wildman–Crippen LogP) is 3.83. The number of cyclic esters (lactones) is 1. The molecular formula is C20H32O4. The lowest BCUT2D eigenvalue weighted by atomic mass is 10.1. The summed E-state index contributed by atoms with van der Waals surface area (Å²) < 4.78 is 5.35. The average Bonchev–Trinajstić information content (AvgIpc) is 2.67. The maximum atomic E-state index is 11.6. The SMILES string of the molecule is CCCCC/C=C\C[C@@H](O)[C@H](O)/C=C/[C@H]1C/C=C\CCCC(=O)O1. The van der Waals surface area contributed by atoms with E-state index in [1.54, 1.807) is 6.08 Å². The lowest BCUT2D eigenvalue weighted by Gasteiger charge is -2.15. The van der Waals surface area contributed by atoms with Gasteiger partial charge in [-0.2, -0.15) is 0 Å². The highest BCUT2D eigenvalue weighted by molar-refractivity contribution is 5.69. The molecule has 2 N–H and O–H groups in total. The van der Waals surface area contributed by atoms with E-state index >= 15 is 0 Å². The van der Waals surface area contributed by atoms with Crippen LogP contribution in [0.25, 0.3) is 0 Å². The number of hydrogen-bond acceptors (Lipinski definition) is 4. The van der Waals surface area contributed by atoms with Crippen LogP contribution >= 0.6 is 0 Å². The minimum absolute atomic E-state index is 0.210. The van der Waals surface area contributed by atoms with Crippen LogP contribution in [0.4, 0.5) is 0 Å². The van der Waals surface area contributed by atoms with E-state index in [-0.39, 0.29) is 12.1 Å². The Hall–Kier alpha value is -1.39. The Morgan fingerprint density at radius 2 is 2.12 bits per heavy atom. The summed E-state index contributed by atoms with van der Waals surface area (Å²) in [7, 11) is 0. The number of aliphatic hydroxyl groups is 2. The van der Waals surface area contributed by atoms with Crippen LogP contribution in [-0.4, -0.2) is 34.5 Å². The van der Waals surface area contributed by atoms with Crippen molar-refractivity contribution in [3.63, 3.8) is 0 Å². The van der Waals surface area contributed by atoms with Crippen LogP contribution in [-0.2, 0) is 9.53 Å². The summed E-state index contributed by atoms with van der Waals surface area (Å²) in [6.45, 7) is 2.17. The Kier molecular flexibility index (Phi) is 11.2. The minimum Gasteiger partial charge on any atom is -0.458 e. The number of esters is 1. The molecule has 0 amide bonds. The molecule has 24 heavy (non-hydrogen) atoms. The van der Waals surface area contributed by atoms with Crippen molar-refractivity contribution in [1.82, 2.24) is 0 Å². The van der Waals surface area contributed by atoms with Gasteiger partial charge in [0.25, 0.3) is 0 Å². The van der Waals surface area contributed by atoms with Crippen LogP contribution in [0.3, 0.4) is 0 Å². The summed E-state index contributed by atoms with van der Waals surface area (Å²) in [5.74, 6) is -0.210. The fourth-order valence-corrected chi connectivity index (χ4v) is 2.48. The van der Waals surface area contributed by atoms with Gasteiger partial charge in [-0.05, 0) is 38.2 Å². The molecule has 1 rings (SSSR count). The zero-order valence-corrected chi connectivity index (χ0v) is 14.8. The zero-order chi connectivity index (χ0) is 17.6. The molecule has 1 aliphatic heterocycles. The fraction of sp³-hybridized carbons (Fsp3) is 0.650. The number of carbonyl (C=O) groups excluding carboxylic acids is 1. The van der Waals surface area contributed by atoms with Gasteiger partial charge in [0.2, 0.25) is 0 Å². The highest BCUT2D eigenvalue weighted by atomic mass is 16.5. The standard InChI is InChI=1S/C20H32O4/c1-2-3-4-5-6-10-13-18(21)19(22)16-15-17-12-9-7-8-11-14-20(23)24-17/h6-7,9-10,15-19,21-22H,2-5,8,11-14H2,1H3/b9-7-,10-6-,16-15+/t17-,18-,19-/m1/s1. The first kappa shape index (κ1) is 20.7. The molecule has 0 saturated carbocycles. The Bertz CT molecular complexity index is 425. The smallest absolute Gasteiger partial charge is 0.306 e. The number of ether oxygens (including phenoxy) is 1. The maximum Gasteiger partial charge on any atom is 0.306 e. The molecule has 0 saturated heterocycles. The molecular weight excluding hydrogens is 304 g/mol. The molecule has 0 aromatic carbocycles. The molecule has 4 heteroatoms. The fourth-order valence-electron chi connectivity index (χ4n) is 2.48. The van der Waals surface area contributed by atoms with E-state index in [9.17, 15) is 15.0 Å². The molecule has 0 fully saturated rings. The van der Waals surface area contributed by atoms with Gasteiger partial charge in [0, 0.05) is 12.8 Å². The van der Waals surface area contributed by atoms with Gasteiger partial charge in [0.15, 0.2) is 0 Å². The lowest BCUT2D eigenvalue weighted by Crippen LogP contribution is -2.24. The second-order valence-corrected chi connectivity index (χ2v) is 6.27. The highest BCUT2D eigenvalue weighted by Crippen LogP contribution is 2.12. The van der Waals surface area contributed by atoms with Crippen molar-refractivity contribution in [2.45, 2.75) is 83.0 Å². The van der Waals surface area contributed by atoms with Crippen molar-refractivity contribution in [3.8, 4) is 0 Å². The van der Waals surface area contributed by atoms with E-state index in [0.29, 0.717) is 19.3 Å². The van der Waals surface area contributed by atoms with E-state index in [2.05, 4.69) is 19.1 Å². The van der Waals surface area contributed by atoms with Gasteiger partial charge in [0.05, 0.1) is 12.2 Å². The first-order valence-electron chi connectivity index (χ1n) is 9.17. The van der Waals surface area contributed by atoms with Crippen LogP contribution in [0.2, 0.25) is 0 Å². The van der Waals surface area contributed by atoms with Crippen molar-refractivity contribution in [3.05, 3.63) is 36.5 Å². The number of aliphatic hydroxyl groups excluding tert-OH is 2. The Morgan fingerprint density at radius 1 is 1.29 bits per heavy atom. The largest absolute Gasteiger partial charge is 0.458 e. The second-order valence-electron chi connectivity index (χ2n) is 6.27. The first-order valence-corrected chi connectivity index (χ1v) is 9.17. The van der Waals surface area contributed by atoms with Gasteiger partial charge in [-0.3, -0.25) is 4.79 Å². The van der Waals surface area contributed by atoms with Gasteiger partial charge >= 0.3 is 5.97 Å². The summed E-state index contributed by atoms with van der Waals surface area (Å²) in [5, 5.41) is 20.0. The summed E-state index contributed by atoms with van der Waals surface area (Å²) in [6, 6.07) is 0. The number of rotatable bonds is 9. The van der Waals surface area contributed by atoms with Gasteiger partial charge in [-0.25, -0.2) is 0 Å². The summed E-state index contributed by atoms with van der Waals surface area (Å²) in [6.07, 6.45) is 16.8. The van der Waals surface area contributed by atoms with E-state index in [1.165, 1.54) is 18.9 Å². The average molecular weight is 336 g/mol. The lowest BCUT2D eigenvalue weighted by molar-refractivity contribution is -0.146. The van der Waals surface area contributed by atoms with Crippen molar-refractivity contribution in [2.24, 2.45) is 0 Å². The van der Waals surface area contributed by atoms with Crippen molar-refractivity contribution < 1.29 is 19.7 Å². The maximum absolute atomic E-state index is 11.6. The number of unbranched alkanes of at least 4 members (excludes halogenated alkanes) is 3. The number of hydrogen-bond donors (Lipinski definition) is 2. The van der Waals surface area contributed by atoms with Crippen LogP contribution in [0.15, 0.2) is 36.5 Å². The van der Waals surface area contributed by atoms with E-state index < -0.39 is 12.2 Å². The molecule has 1 aliphatic rings. The molecule has 0 aromatic rings. The topological polar surface area (TPSA) is 66.8 Å². The Morgan fingerprint density at radius 3 is 2.92 bits per heavy atom. The monoisotopic (exact) mass is 336 g/mol. The molecule has 0 bridgehead atoms. The minimum atomic E-state index is -0.958. The van der Waals surface area contributed by atoms with Crippen LogP contribution in [0.1, 0.15) is 64.7 Å². The van der Waals surface area contributed by atoms with Crippen molar-refractivity contribution >= 4 is 5.97 Å². The summed E-state index contributed by atoms with van der Waals surface area (Å²) in [4.78, 5) is 11.6. The predicted molar refractivity (Wildman–Crippen MR) is 96.5 cm³/mol. The van der Waals surface area contributed by atoms with Crippen molar-refractivity contribution in [2.75, 3.05) is 0 Å². The van der Waals surface area contributed by atoms with Gasteiger partial charge < -0.3 is 14.9 Å². The highest BCUT2D eigenvalue weighted by Gasteiger charge is 2.15. The quantitative estimate of drug-likeness (QED) is 0.381. The number of carbonyl (C=O) groups is 1. The first-order chi connectivity index (χ1) is 11.6. The molecule has 136 valence electrons. The Labute approximate surface area is 145 Å². The Balaban J connectivity index is 2.38. The molecule has 0 aromatic heterocycles. The van der Waals surface area contributed by atoms with E-state index in [0.717, 1.165) is 25.7 Å². The molecule has 4 nitrogen and oxygen atoms in total. The molecule has 0 spiro atoms. The van der Waals surface area contributed by atoms with E-state index in [1.807, 2.05) is 12.2 Å². The molecule has 0 radical (unpaired) electrons. The third kappa shape index (κ3) is 9.68. The third-order valence-electron chi connectivity index (χ3n) is 4.01. The normalized spacial score (nSPS) is 23.5. The number of allylic oxidation sites excluding steroid dienone is 2.